The standard InChI is InChI=1S/C16H10F4N2OS/c17-9-5-6-10(11(18)7-9)14(23)8-24-16-21-12-3-1-2-4-13(12)22(16)15(19)20/h1-7,15H,8H2. The normalized spacial score (nSPS) is 11.4. The van der Waals surface area contributed by atoms with E-state index in [1.807, 2.05) is 0 Å². The topological polar surface area (TPSA) is 34.9 Å². The van der Waals surface area contributed by atoms with Gasteiger partial charge in [0.2, 0.25) is 0 Å². The highest BCUT2D eigenvalue weighted by Crippen LogP contribution is 2.29. The van der Waals surface area contributed by atoms with Gasteiger partial charge in [0, 0.05) is 6.07 Å². The van der Waals surface area contributed by atoms with Gasteiger partial charge < -0.3 is 0 Å². The average molecular weight is 354 g/mol. The number of ketones is 1. The summed E-state index contributed by atoms with van der Waals surface area (Å²) in [5, 5.41) is -0.0398. The molecule has 0 fully saturated rings. The molecule has 0 spiro atoms. The first-order valence-electron chi connectivity index (χ1n) is 6.83. The summed E-state index contributed by atoms with van der Waals surface area (Å²) in [6, 6.07) is 8.96. The summed E-state index contributed by atoms with van der Waals surface area (Å²) < 4.78 is 53.7. The zero-order valence-corrected chi connectivity index (χ0v) is 12.9. The van der Waals surface area contributed by atoms with Crippen molar-refractivity contribution in [1.29, 1.82) is 0 Å². The number of hydrogen-bond donors (Lipinski definition) is 0. The lowest BCUT2D eigenvalue weighted by atomic mass is 10.1. The number of carbonyl (C=O) groups excluding carboxylic acids is 1. The van der Waals surface area contributed by atoms with Crippen molar-refractivity contribution in [3.63, 3.8) is 0 Å². The molecule has 3 aromatic rings. The maximum Gasteiger partial charge on any atom is 0.321 e. The van der Waals surface area contributed by atoms with Crippen LogP contribution >= 0.6 is 11.8 Å². The number of imidazole rings is 1. The molecule has 2 aromatic carbocycles. The number of nitrogens with zero attached hydrogens (tertiary/aromatic N) is 2. The van der Waals surface area contributed by atoms with E-state index in [4.69, 9.17) is 0 Å². The molecule has 0 aliphatic carbocycles. The summed E-state index contributed by atoms with van der Waals surface area (Å²) in [7, 11) is 0. The van der Waals surface area contributed by atoms with Crippen molar-refractivity contribution in [2.45, 2.75) is 11.7 Å². The lowest BCUT2D eigenvalue weighted by molar-refractivity contribution is 0.0656. The molecular weight excluding hydrogens is 344 g/mol. The highest BCUT2D eigenvalue weighted by Gasteiger charge is 2.20. The van der Waals surface area contributed by atoms with Gasteiger partial charge in [0.05, 0.1) is 22.3 Å². The third-order valence-corrected chi connectivity index (χ3v) is 4.28. The van der Waals surface area contributed by atoms with Crippen LogP contribution in [0.25, 0.3) is 11.0 Å². The van der Waals surface area contributed by atoms with Gasteiger partial charge in [0.25, 0.3) is 0 Å². The van der Waals surface area contributed by atoms with Gasteiger partial charge >= 0.3 is 6.55 Å². The monoisotopic (exact) mass is 354 g/mol. The first-order chi connectivity index (χ1) is 11.5. The lowest BCUT2D eigenvalue weighted by Crippen LogP contribution is -2.07. The summed E-state index contributed by atoms with van der Waals surface area (Å²) in [6.45, 7) is -2.82. The van der Waals surface area contributed by atoms with Crippen molar-refractivity contribution in [1.82, 2.24) is 9.55 Å². The molecule has 124 valence electrons. The molecule has 0 atom stereocenters. The van der Waals surface area contributed by atoms with E-state index in [0.29, 0.717) is 16.2 Å². The molecule has 0 radical (unpaired) electrons. The largest absolute Gasteiger partial charge is 0.321 e. The number of benzene rings is 2. The molecule has 0 N–H and O–H groups in total. The second-order valence-electron chi connectivity index (χ2n) is 4.87. The Balaban J connectivity index is 1.85. The van der Waals surface area contributed by atoms with Gasteiger partial charge in [-0.1, -0.05) is 23.9 Å². The summed E-state index contributed by atoms with van der Waals surface area (Å²) in [5.41, 5.74) is 0.333. The molecular formula is C16H10F4N2OS. The molecule has 0 saturated heterocycles. The number of hydrogen-bond acceptors (Lipinski definition) is 3. The third-order valence-electron chi connectivity index (χ3n) is 3.32. The smallest absolute Gasteiger partial charge is 0.293 e. The molecule has 3 rings (SSSR count). The molecule has 1 heterocycles. The number of rotatable bonds is 5. The quantitative estimate of drug-likeness (QED) is 0.379. The highest BCUT2D eigenvalue weighted by atomic mass is 32.2. The summed E-state index contributed by atoms with van der Waals surface area (Å²) in [4.78, 5) is 16.1. The van der Waals surface area contributed by atoms with E-state index in [9.17, 15) is 22.4 Å². The predicted molar refractivity (Wildman–Crippen MR) is 82.4 cm³/mol. The van der Waals surface area contributed by atoms with Crippen LogP contribution in [0.5, 0.6) is 0 Å². The van der Waals surface area contributed by atoms with Crippen molar-refractivity contribution in [2.24, 2.45) is 0 Å². The van der Waals surface area contributed by atoms with Gasteiger partial charge in [-0.25, -0.2) is 13.8 Å². The van der Waals surface area contributed by atoms with Crippen LogP contribution < -0.4 is 0 Å². The van der Waals surface area contributed by atoms with E-state index in [1.54, 1.807) is 18.2 Å². The molecule has 24 heavy (non-hydrogen) atoms. The molecule has 3 nitrogen and oxygen atoms in total. The van der Waals surface area contributed by atoms with Crippen LogP contribution in [0.3, 0.4) is 0 Å². The summed E-state index contributed by atoms with van der Waals surface area (Å²) in [5.74, 6) is -2.71. The SMILES string of the molecule is O=C(CSc1nc2ccccc2n1C(F)F)c1ccc(F)cc1F. The Labute approximate surface area is 138 Å². The molecule has 0 bridgehead atoms. The number of para-hydroxylation sites is 2. The Morgan fingerprint density at radius 2 is 1.92 bits per heavy atom. The van der Waals surface area contributed by atoms with Crippen molar-refractivity contribution in [2.75, 3.05) is 5.75 Å². The number of Topliss-reactive ketones (excluding diaryl/α,β-unsaturated/α-hetero) is 1. The van der Waals surface area contributed by atoms with E-state index in [-0.39, 0.29) is 22.0 Å². The highest BCUT2D eigenvalue weighted by molar-refractivity contribution is 7.99. The van der Waals surface area contributed by atoms with Gasteiger partial charge in [-0.05, 0) is 24.3 Å². The minimum Gasteiger partial charge on any atom is -0.293 e. The Morgan fingerprint density at radius 1 is 1.17 bits per heavy atom. The molecule has 0 amide bonds. The van der Waals surface area contributed by atoms with Crippen molar-refractivity contribution < 1.29 is 22.4 Å². The minimum atomic E-state index is -2.82. The number of thioether (sulfide) groups is 1. The van der Waals surface area contributed by atoms with Crippen LogP contribution in [0.1, 0.15) is 16.9 Å². The van der Waals surface area contributed by atoms with E-state index in [1.165, 1.54) is 6.07 Å². The van der Waals surface area contributed by atoms with Crippen LogP contribution in [0, 0.1) is 11.6 Å². The van der Waals surface area contributed by atoms with Crippen LogP contribution in [0.2, 0.25) is 0 Å². The van der Waals surface area contributed by atoms with Crippen molar-refractivity contribution in [3.05, 3.63) is 59.7 Å². The predicted octanol–water partition coefficient (Wildman–Crippen LogP) is 4.68. The first kappa shape index (κ1) is 16.5. The molecule has 0 saturated carbocycles. The van der Waals surface area contributed by atoms with Crippen molar-refractivity contribution in [3.8, 4) is 0 Å². The Kier molecular flexibility index (Phi) is 4.57. The van der Waals surface area contributed by atoms with E-state index < -0.39 is 24.0 Å². The maximum absolute atomic E-state index is 13.6. The molecule has 0 aliphatic heterocycles. The first-order valence-corrected chi connectivity index (χ1v) is 7.82. The zero-order chi connectivity index (χ0) is 17.3. The van der Waals surface area contributed by atoms with Gasteiger partial charge in [-0.3, -0.25) is 9.36 Å². The average Bonchev–Trinajstić information content (AvgIpc) is 2.91. The van der Waals surface area contributed by atoms with E-state index in [0.717, 1.165) is 23.9 Å². The fourth-order valence-corrected chi connectivity index (χ4v) is 3.13. The Hall–Kier alpha value is -2.35. The van der Waals surface area contributed by atoms with Crippen molar-refractivity contribution >= 4 is 28.6 Å². The number of fused-ring (bicyclic) bond motifs is 1. The minimum absolute atomic E-state index is 0.0398. The molecule has 0 aliphatic rings. The second kappa shape index (κ2) is 6.64. The number of halogens is 4. The van der Waals surface area contributed by atoms with Crippen LogP contribution in [-0.4, -0.2) is 21.1 Å². The van der Waals surface area contributed by atoms with Gasteiger partial charge in [0.1, 0.15) is 11.6 Å². The summed E-state index contributed by atoms with van der Waals surface area (Å²) >= 11 is 0.779. The Morgan fingerprint density at radius 3 is 2.62 bits per heavy atom. The van der Waals surface area contributed by atoms with Gasteiger partial charge in [-0.2, -0.15) is 8.78 Å². The van der Waals surface area contributed by atoms with Gasteiger partial charge in [0.15, 0.2) is 10.9 Å². The third kappa shape index (κ3) is 3.14. The fraction of sp³-hybridized carbons (Fsp3) is 0.125. The Bertz CT molecular complexity index is 910. The fourth-order valence-electron chi connectivity index (χ4n) is 2.24. The number of carbonyl (C=O) groups is 1. The van der Waals surface area contributed by atoms with Crippen LogP contribution in [-0.2, 0) is 0 Å². The van der Waals surface area contributed by atoms with Crippen LogP contribution in [0.15, 0.2) is 47.6 Å². The van der Waals surface area contributed by atoms with E-state index in [2.05, 4.69) is 4.98 Å². The maximum atomic E-state index is 13.6. The van der Waals surface area contributed by atoms with E-state index >= 15 is 0 Å². The molecule has 1 aromatic heterocycles. The van der Waals surface area contributed by atoms with Crippen LogP contribution in [0.4, 0.5) is 17.6 Å². The molecule has 0 unspecified atom stereocenters. The number of alkyl halides is 2. The summed E-state index contributed by atoms with van der Waals surface area (Å²) in [6.07, 6.45) is 0. The molecule has 8 heteroatoms. The van der Waals surface area contributed by atoms with Gasteiger partial charge in [-0.15, -0.1) is 0 Å². The second-order valence-corrected chi connectivity index (χ2v) is 5.81. The number of aromatic nitrogens is 2. The lowest BCUT2D eigenvalue weighted by Gasteiger charge is -2.07. The zero-order valence-electron chi connectivity index (χ0n) is 12.0.